The van der Waals surface area contributed by atoms with Crippen LogP contribution < -0.4 is 0 Å². The van der Waals surface area contributed by atoms with E-state index < -0.39 is 5.92 Å². The lowest BCUT2D eigenvalue weighted by atomic mass is 9.97. The maximum atomic E-state index is 12.0. The molecule has 0 aliphatic heterocycles. The zero-order valence-electron chi connectivity index (χ0n) is 12.1. The Kier molecular flexibility index (Phi) is 3.92. The molecule has 1 atom stereocenters. The first-order valence-electron chi connectivity index (χ1n) is 6.97. The van der Waals surface area contributed by atoms with Gasteiger partial charge in [0.15, 0.2) is 5.82 Å². The van der Waals surface area contributed by atoms with Crippen LogP contribution in [-0.2, 0) is 14.9 Å². The number of hydrogen-bond acceptors (Lipinski definition) is 5. The van der Waals surface area contributed by atoms with Crippen molar-refractivity contribution in [1.82, 2.24) is 10.1 Å². The normalized spacial score (nSPS) is 18.4. The van der Waals surface area contributed by atoms with Crippen LogP contribution in [0, 0.1) is 5.92 Å². The minimum Gasteiger partial charge on any atom is -0.465 e. The summed E-state index contributed by atoms with van der Waals surface area (Å²) in [6.07, 6.45) is 2.83. The van der Waals surface area contributed by atoms with E-state index in [9.17, 15) is 4.79 Å². The summed E-state index contributed by atoms with van der Waals surface area (Å²) in [4.78, 5) is 16.4. The summed E-state index contributed by atoms with van der Waals surface area (Å²) in [5.41, 5.74) is 0.0544. The van der Waals surface area contributed by atoms with E-state index in [0.717, 1.165) is 18.7 Å². The maximum Gasteiger partial charge on any atom is 0.318 e. The third-order valence-corrected chi connectivity index (χ3v) is 3.56. The predicted molar refractivity (Wildman–Crippen MR) is 69.7 cm³/mol. The first-order chi connectivity index (χ1) is 8.96. The molecule has 1 unspecified atom stereocenters. The number of esters is 1. The Balaban J connectivity index is 2.17. The lowest BCUT2D eigenvalue weighted by molar-refractivity contribution is -0.146. The molecule has 0 amide bonds. The van der Waals surface area contributed by atoms with Gasteiger partial charge in [-0.2, -0.15) is 4.98 Å². The van der Waals surface area contributed by atoms with Crippen LogP contribution in [0.25, 0.3) is 0 Å². The van der Waals surface area contributed by atoms with Gasteiger partial charge in [-0.1, -0.05) is 25.9 Å². The number of aromatic nitrogens is 2. The highest BCUT2D eigenvalue weighted by Crippen LogP contribution is 2.46. The molecule has 1 aromatic heterocycles. The van der Waals surface area contributed by atoms with Gasteiger partial charge in [0.2, 0.25) is 5.89 Å². The second kappa shape index (κ2) is 5.31. The molecule has 1 saturated carbocycles. The smallest absolute Gasteiger partial charge is 0.318 e. The molecule has 0 N–H and O–H groups in total. The minimum absolute atomic E-state index is 0.0544. The van der Waals surface area contributed by atoms with E-state index in [0.29, 0.717) is 24.8 Å². The Hall–Kier alpha value is -1.39. The van der Waals surface area contributed by atoms with E-state index in [4.69, 9.17) is 9.26 Å². The number of rotatable bonds is 6. The Morgan fingerprint density at radius 2 is 2.16 bits per heavy atom. The number of carbonyl (C=O) groups is 1. The van der Waals surface area contributed by atoms with Crippen molar-refractivity contribution in [2.45, 2.75) is 58.3 Å². The van der Waals surface area contributed by atoms with Crippen LogP contribution in [0.1, 0.15) is 64.6 Å². The molecule has 0 saturated heterocycles. The fourth-order valence-electron chi connectivity index (χ4n) is 2.05. The third kappa shape index (κ3) is 3.14. The fourth-order valence-corrected chi connectivity index (χ4v) is 2.05. The van der Waals surface area contributed by atoms with Gasteiger partial charge in [-0.15, -0.1) is 0 Å². The Labute approximate surface area is 113 Å². The molecule has 0 bridgehead atoms. The van der Waals surface area contributed by atoms with Crippen molar-refractivity contribution in [2.24, 2.45) is 5.92 Å². The SMILES string of the molecule is CCOC(=O)C(CC(C)C)c1nc(C2(C)CC2)no1. The first-order valence-corrected chi connectivity index (χ1v) is 6.97. The monoisotopic (exact) mass is 266 g/mol. The van der Waals surface area contributed by atoms with E-state index in [1.165, 1.54) is 0 Å². The lowest BCUT2D eigenvalue weighted by Gasteiger charge is -2.13. The number of hydrogen-bond donors (Lipinski definition) is 0. The Bertz CT molecular complexity index is 449. The molecular weight excluding hydrogens is 244 g/mol. The van der Waals surface area contributed by atoms with E-state index in [1.54, 1.807) is 6.92 Å². The highest BCUT2D eigenvalue weighted by molar-refractivity contribution is 5.76. The van der Waals surface area contributed by atoms with Crippen molar-refractivity contribution >= 4 is 5.97 Å². The standard InChI is InChI=1S/C14H22N2O3/c1-5-18-12(17)10(8-9(2)3)11-15-13(16-19-11)14(4)6-7-14/h9-10H,5-8H2,1-4H3. The summed E-state index contributed by atoms with van der Waals surface area (Å²) in [7, 11) is 0. The molecule has 5 heteroatoms. The fraction of sp³-hybridized carbons (Fsp3) is 0.786. The van der Waals surface area contributed by atoms with E-state index in [2.05, 4.69) is 30.9 Å². The molecule has 1 aromatic rings. The molecule has 2 rings (SSSR count). The molecule has 0 radical (unpaired) electrons. The molecule has 106 valence electrons. The van der Waals surface area contributed by atoms with Crippen LogP contribution in [0.15, 0.2) is 4.52 Å². The van der Waals surface area contributed by atoms with Gasteiger partial charge in [0.05, 0.1) is 6.61 Å². The van der Waals surface area contributed by atoms with Crippen LogP contribution in [0.5, 0.6) is 0 Å². The molecule has 1 heterocycles. The highest BCUT2D eigenvalue weighted by Gasteiger charge is 2.44. The molecule has 1 aliphatic rings. The summed E-state index contributed by atoms with van der Waals surface area (Å²) < 4.78 is 10.4. The van der Waals surface area contributed by atoms with Crippen LogP contribution in [0.4, 0.5) is 0 Å². The largest absolute Gasteiger partial charge is 0.465 e. The van der Waals surface area contributed by atoms with Crippen molar-refractivity contribution in [3.8, 4) is 0 Å². The lowest BCUT2D eigenvalue weighted by Crippen LogP contribution is -2.18. The van der Waals surface area contributed by atoms with Crippen molar-refractivity contribution < 1.29 is 14.1 Å². The topological polar surface area (TPSA) is 65.2 Å². The van der Waals surface area contributed by atoms with Crippen molar-refractivity contribution in [1.29, 1.82) is 0 Å². The van der Waals surface area contributed by atoms with Crippen molar-refractivity contribution in [3.05, 3.63) is 11.7 Å². The molecule has 0 aromatic carbocycles. The Morgan fingerprint density at radius 1 is 1.47 bits per heavy atom. The number of nitrogens with zero attached hydrogens (tertiary/aromatic N) is 2. The average Bonchev–Trinajstić information content (AvgIpc) is 2.92. The van der Waals surface area contributed by atoms with Gasteiger partial charge in [-0.05, 0) is 32.1 Å². The van der Waals surface area contributed by atoms with E-state index in [-0.39, 0.29) is 11.4 Å². The van der Waals surface area contributed by atoms with Gasteiger partial charge >= 0.3 is 5.97 Å². The van der Waals surface area contributed by atoms with Gasteiger partial charge in [0.1, 0.15) is 5.92 Å². The second-order valence-corrected chi connectivity index (χ2v) is 5.95. The summed E-state index contributed by atoms with van der Waals surface area (Å²) >= 11 is 0. The van der Waals surface area contributed by atoms with Crippen LogP contribution in [0.3, 0.4) is 0 Å². The minimum atomic E-state index is -0.441. The van der Waals surface area contributed by atoms with Crippen molar-refractivity contribution in [2.75, 3.05) is 6.61 Å². The van der Waals surface area contributed by atoms with Crippen molar-refractivity contribution in [3.63, 3.8) is 0 Å². The van der Waals surface area contributed by atoms with Gasteiger partial charge < -0.3 is 9.26 Å². The van der Waals surface area contributed by atoms with Gasteiger partial charge in [0, 0.05) is 5.41 Å². The molecule has 0 spiro atoms. The van der Waals surface area contributed by atoms with Crippen LogP contribution in [-0.4, -0.2) is 22.7 Å². The molecular formula is C14H22N2O3. The first kappa shape index (κ1) is 14.0. The van der Waals surface area contributed by atoms with Gasteiger partial charge in [0.25, 0.3) is 0 Å². The summed E-state index contributed by atoms with van der Waals surface area (Å²) in [6, 6.07) is 0. The molecule has 1 fully saturated rings. The zero-order chi connectivity index (χ0) is 14.0. The average molecular weight is 266 g/mol. The van der Waals surface area contributed by atoms with Gasteiger partial charge in [-0.25, -0.2) is 0 Å². The summed E-state index contributed by atoms with van der Waals surface area (Å²) in [6.45, 7) is 8.40. The molecule has 1 aliphatic carbocycles. The van der Waals surface area contributed by atoms with E-state index >= 15 is 0 Å². The zero-order valence-corrected chi connectivity index (χ0v) is 12.1. The maximum absolute atomic E-state index is 12.0. The molecule has 5 nitrogen and oxygen atoms in total. The Morgan fingerprint density at radius 3 is 2.68 bits per heavy atom. The highest BCUT2D eigenvalue weighted by atomic mass is 16.5. The number of ether oxygens (including phenoxy) is 1. The van der Waals surface area contributed by atoms with Crippen LogP contribution in [0.2, 0.25) is 0 Å². The second-order valence-electron chi connectivity index (χ2n) is 5.95. The number of carbonyl (C=O) groups excluding carboxylic acids is 1. The summed E-state index contributed by atoms with van der Waals surface area (Å²) in [5.74, 6) is 0.771. The van der Waals surface area contributed by atoms with Crippen LogP contribution >= 0.6 is 0 Å². The summed E-state index contributed by atoms with van der Waals surface area (Å²) in [5, 5.41) is 4.03. The predicted octanol–water partition coefficient (Wildman–Crippen LogP) is 2.81. The van der Waals surface area contributed by atoms with E-state index in [1.807, 2.05) is 0 Å². The quantitative estimate of drug-likeness (QED) is 0.741. The van der Waals surface area contributed by atoms with Gasteiger partial charge in [-0.3, -0.25) is 4.79 Å². The third-order valence-electron chi connectivity index (χ3n) is 3.56. The molecule has 19 heavy (non-hydrogen) atoms.